The standard InChI is InChI=1S/C21H26N4O4/c1-21(22-2)7-9-24(10-8-21)12-13-3-4-14-15(11-13)20(29)25(19(14)28)16-5-6-17(26)23-18(16)27/h3-4,11,16,22H,5-10,12H2,1-2H3,(H,23,26,27). The predicted molar refractivity (Wildman–Crippen MR) is 105 cm³/mol. The number of nitrogens with one attached hydrogen (secondary N) is 2. The van der Waals surface area contributed by atoms with Crippen LogP contribution in [0.25, 0.3) is 0 Å². The highest BCUT2D eigenvalue weighted by molar-refractivity contribution is 6.23. The van der Waals surface area contributed by atoms with Gasteiger partial charge in [0, 0.05) is 31.6 Å². The number of hydrogen-bond donors (Lipinski definition) is 2. The Balaban J connectivity index is 1.49. The third-order valence-corrected chi connectivity index (χ3v) is 6.47. The van der Waals surface area contributed by atoms with Crippen LogP contribution in [0.2, 0.25) is 0 Å². The summed E-state index contributed by atoms with van der Waals surface area (Å²) in [7, 11) is 1.99. The van der Waals surface area contributed by atoms with Crippen molar-refractivity contribution >= 4 is 23.6 Å². The molecule has 3 aliphatic heterocycles. The van der Waals surface area contributed by atoms with Crippen molar-refractivity contribution in [2.75, 3.05) is 20.1 Å². The van der Waals surface area contributed by atoms with Gasteiger partial charge in [-0.25, -0.2) is 0 Å². The van der Waals surface area contributed by atoms with Gasteiger partial charge in [-0.05, 0) is 50.9 Å². The zero-order valence-electron chi connectivity index (χ0n) is 16.8. The molecule has 8 nitrogen and oxygen atoms in total. The van der Waals surface area contributed by atoms with Crippen LogP contribution in [0, 0.1) is 0 Å². The van der Waals surface area contributed by atoms with E-state index in [0.717, 1.165) is 36.4 Å². The zero-order chi connectivity index (χ0) is 20.8. The molecular formula is C21H26N4O4. The van der Waals surface area contributed by atoms with Crippen LogP contribution in [0.4, 0.5) is 0 Å². The second-order valence-corrected chi connectivity index (χ2v) is 8.41. The summed E-state index contributed by atoms with van der Waals surface area (Å²) in [6.07, 6.45) is 2.39. The topological polar surface area (TPSA) is 98.8 Å². The maximum atomic E-state index is 12.9. The van der Waals surface area contributed by atoms with E-state index in [0.29, 0.717) is 17.7 Å². The number of amides is 4. The SMILES string of the molecule is CNC1(C)CCN(Cc2ccc3c(c2)C(=O)N(C2CCC(=O)NC2=O)C3=O)CC1. The van der Waals surface area contributed by atoms with Gasteiger partial charge in [0.1, 0.15) is 6.04 Å². The fourth-order valence-corrected chi connectivity index (χ4v) is 4.33. The second kappa shape index (κ2) is 7.35. The van der Waals surface area contributed by atoms with E-state index in [1.165, 1.54) is 0 Å². The van der Waals surface area contributed by atoms with E-state index in [1.54, 1.807) is 12.1 Å². The number of hydrogen-bond acceptors (Lipinski definition) is 6. The molecule has 3 aliphatic rings. The van der Waals surface area contributed by atoms with Gasteiger partial charge in [0.15, 0.2) is 0 Å². The third-order valence-electron chi connectivity index (χ3n) is 6.47. The van der Waals surface area contributed by atoms with Gasteiger partial charge >= 0.3 is 0 Å². The average Bonchev–Trinajstić information content (AvgIpc) is 2.94. The predicted octanol–water partition coefficient (Wildman–Crippen LogP) is 0.662. The van der Waals surface area contributed by atoms with Crippen LogP contribution in [0.5, 0.6) is 0 Å². The Morgan fingerprint density at radius 3 is 2.45 bits per heavy atom. The van der Waals surface area contributed by atoms with Gasteiger partial charge in [0.2, 0.25) is 11.8 Å². The van der Waals surface area contributed by atoms with E-state index < -0.39 is 23.8 Å². The molecule has 1 atom stereocenters. The summed E-state index contributed by atoms with van der Waals surface area (Å²) < 4.78 is 0. The van der Waals surface area contributed by atoms with E-state index in [9.17, 15) is 19.2 Å². The molecule has 1 aromatic rings. The van der Waals surface area contributed by atoms with Crippen molar-refractivity contribution in [1.29, 1.82) is 0 Å². The average molecular weight is 398 g/mol. The number of likely N-dealkylation sites (tertiary alicyclic amines) is 1. The van der Waals surface area contributed by atoms with E-state index >= 15 is 0 Å². The van der Waals surface area contributed by atoms with Gasteiger partial charge in [-0.3, -0.25) is 34.3 Å². The highest BCUT2D eigenvalue weighted by Crippen LogP contribution is 2.29. The Hall–Kier alpha value is -2.58. The van der Waals surface area contributed by atoms with Gasteiger partial charge in [0.05, 0.1) is 11.1 Å². The quantitative estimate of drug-likeness (QED) is 0.723. The lowest BCUT2D eigenvalue weighted by molar-refractivity contribution is -0.136. The first kappa shape index (κ1) is 19.7. The minimum Gasteiger partial charge on any atom is -0.314 e. The smallest absolute Gasteiger partial charge is 0.262 e. The lowest BCUT2D eigenvalue weighted by Gasteiger charge is -2.39. The molecule has 0 aromatic heterocycles. The van der Waals surface area contributed by atoms with E-state index in [1.807, 2.05) is 13.1 Å². The summed E-state index contributed by atoms with van der Waals surface area (Å²) in [5.41, 5.74) is 1.81. The van der Waals surface area contributed by atoms with E-state index in [2.05, 4.69) is 22.5 Å². The molecule has 29 heavy (non-hydrogen) atoms. The molecule has 2 saturated heterocycles. The van der Waals surface area contributed by atoms with Crippen LogP contribution in [-0.2, 0) is 16.1 Å². The van der Waals surface area contributed by atoms with Gasteiger partial charge in [-0.1, -0.05) is 6.07 Å². The fraction of sp³-hybridized carbons (Fsp3) is 0.524. The first-order chi connectivity index (χ1) is 13.8. The minimum absolute atomic E-state index is 0.121. The Morgan fingerprint density at radius 2 is 1.79 bits per heavy atom. The number of carbonyl (C=O) groups excluding carboxylic acids is 4. The molecule has 2 fully saturated rings. The number of piperidine rings is 2. The fourth-order valence-electron chi connectivity index (χ4n) is 4.33. The number of carbonyl (C=O) groups is 4. The summed E-state index contributed by atoms with van der Waals surface area (Å²) in [5.74, 6) is -1.88. The molecule has 0 saturated carbocycles. The Kier molecular flexibility index (Phi) is 5.00. The largest absolute Gasteiger partial charge is 0.314 e. The normalized spacial score (nSPS) is 24.6. The first-order valence-electron chi connectivity index (χ1n) is 10.1. The van der Waals surface area contributed by atoms with Gasteiger partial charge in [0.25, 0.3) is 11.8 Å². The molecule has 4 rings (SSSR count). The van der Waals surface area contributed by atoms with Crippen LogP contribution in [0.15, 0.2) is 18.2 Å². The van der Waals surface area contributed by atoms with E-state index in [4.69, 9.17) is 0 Å². The molecule has 154 valence electrons. The molecule has 3 heterocycles. The van der Waals surface area contributed by atoms with Gasteiger partial charge in [-0.15, -0.1) is 0 Å². The van der Waals surface area contributed by atoms with Crippen LogP contribution < -0.4 is 10.6 Å². The van der Waals surface area contributed by atoms with Crippen molar-refractivity contribution in [3.8, 4) is 0 Å². The molecular weight excluding hydrogens is 372 g/mol. The number of rotatable bonds is 4. The summed E-state index contributed by atoms with van der Waals surface area (Å²) in [5, 5.41) is 5.60. The van der Waals surface area contributed by atoms with Crippen LogP contribution in [-0.4, -0.2) is 65.1 Å². The maximum Gasteiger partial charge on any atom is 0.262 e. The zero-order valence-corrected chi connectivity index (χ0v) is 16.8. The molecule has 1 aromatic carbocycles. The van der Waals surface area contributed by atoms with Crippen molar-refractivity contribution in [1.82, 2.24) is 20.4 Å². The Morgan fingerprint density at radius 1 is 1.10 bits per heavy atom. The molecule has 1 unspecified atom stereocenters. The summed E-state index contributed by atoms with van der Waals surface area (Å²) in [6, 6.07) is 4.40. The summed E-state index contributed by atoms with van der Waals surface area (Å²) in [6.45, 7) is 4.87. The van der Waals surface area contributed by atoms with Gasteiger partial charge < -0.3 is 5.32 Å². The highest BCUT2D eigenvalue weighted by Gasteiger charge is 2.44. The van der Waals surface area contributed by atoms with Crippen molar-refractivity contribution in [2.24, 2.45) is 0 Å². The molecule has 0 aliphatic carbocycles. The number of imide groups is 2. The second-order valence-electron chi connectivity index (χ2n) is 8.41. The van der Waals surface area contributed by atoms with Crippen LogP contribution in [0.3, 0.4) is 0 Å². The van der Waals surface area contributed by atoms with E-state index in [-0.39, 0.29) is 24.3 Å². The lowest BCUT2D eigenvalue weighted by atomic mass is 9.89. The number of benzene rings is 1. The highest BCUT2D eigenvalue weighted by atomic mass is 16.2. The van der Waals surface area contributed by atoms with Crippen molar-refractivity contribution in [3.63, 3.8) is 0 Å². The molecule has 8 heteroatoms. The Labute approximate surface area is 169 Å². The van der Waals surface area contributed by atoms with Crippen LogP contribution in [0.1, 0.15) is 58.9 Å². The van der Waals surface area contributed by atoms with Crippen molar-refractivity contribution in [3.05, 3.63) is 34.9 Å². The molecule has 0 spiro atoms. The number of fused-ring (bicyclic) bond motifs is 1. The van der Waals surface area contributed by atoms with Crippen molar-refractivity contribution in [2.45, 2.75) is 50.7 Å². The molecule has 0 radical (unpaired) electrons. The molecule has 0 bridgehead atoms. The summed E-state index contributed by atoms with van der Waals surface area (Å²) >= 11 is 0. The Bertz CT molecular complexity index is 889. The number of nitrogens with zero attached hydrogens (tertiary/aromatic N) is 2. The monoisotopic (exact) mass is 398 g/mol. The molecule has 2 N–H and O–H groups in total. The first-order valence-corrected chi connectivity index (χ1v) is 10.1. The van der Waals surface area contributed by atoms with Gasteiger partial charge in [-0.2, -0.15) is 0 Å². The maximum absolute atomic E-state index is 12.9. The summed E-state index contributed by atoms with van der Waals surface area (Å²) in [4.78, 5) is 52.6. The lowest BCUT2D eigenvalue weighted by Crippen LogP contribution is -2.54. The van der Waals surface area contributed by atoms with Crippen LogP contribution >= 0.6 is 0 Å². The van der Waals surface area contributed by atoms with Crippen molar-refractivity contribution < 1.29 is 19.2 Å². The third kappa shape index (κ3) is 3.58. The molecule has 4 amide bonds. The minimum atomic E-state index is -0.926.